The molecule has 2 heterocycles. The average molecular weight is 577 g/mol. The van der Waals surface area contributed by atoms with E-state index in [9.17, 15) is 23.1 Å². The van der Waals surface area contributed by atoms with Crippen molar-refractivity contribution in [2.75, 3.05) is 31.1 Å². The summed E-state index contributed by atoms with van der Waals surface area (Å²) < 4.78 is 34.3. The number of benzene rings is 2. The molecular weight excluding hydrogens is 555 g/mol. The minimum absolute atomic E-state index is 0.0981. The van der Waals surface area contributed by atoms with Gasteiger partial charge in [-0.15, -0.1) is 0 Å². The lowest BCUT2D eigenvalue weighted by molar-refractivity contribution is -0.135. The molecule has 0 aliphatic rings. The van der Waals surface area contributed by atoms with Crippen LogP contribution < -0.4 is 9.62 Å². The monoisotopic (exact) mass is 576 g/mol. The molecule has 2 aromatic carbocycles. The van der Waals surface area contributed by atoms with E-state index >= 15 is 0 Å². The second-order valence-electron chi connectivity index (χ2n) is 8.09. The number of amides is 1. The SMILES string of the molecule is COCCNC(=O)c1ccnc(-n2ccc3cc(N(CC(=O)O)S(=O)(=O)c4cc(Cl)cc(Cl)c4)ccc32)c1. The molecule has 0 saturated carbocycles. The summed E-state index contributed by atoms with van der Waals surface area (Å²) in [6.45, 7) is -0.0763. The first-order valence-corrected chi connectivity index (χ1v) is 13.3. The normalized spacial score (nSPS) is 11.4. The molecule has 2 N–H and O–H groups in total. The third-order valence-electron chi connectivity index (χ3n) is 5.51. The minimum Gasteiger partial charge on any atom is -0.480 e. The van der Waals surface area contributed by atoms with Crippen LogP contribution in [-0.2, 0) is 19.6 Å². The van der Waals surface area contributed by atoms with Crippen molar-refractivity contribution < 1.29 is 27.9 Å². The number of halogens is 2. The van der Waals surface area contributed by atoms with Gasteiger partial charge in [-0.05, 0) is 54.6 Å². The molecule has 0 spiro atoms. The number of carboxylic acids is 1. The molecule has 0 aliphatic heterocycles. The Hall–Kier alpha value is -3.64. The van der Waals surface area contributed by atoms with Crippen molar-refractivity contribution in [2.45, 2.75) is 4.90 Å². The molecule has 198 valence electrons. The Bertz CT molecular complexity index is 1600. The number of carboxylic acid groups (broad SMARTS) is 1. The van der Waals surface area contributed by atoms with Crippen molar-refractivity contribution in [1.82, 2.24) is 14.9 Å². The van der Waals surface area contributed by atoms with E-state index in [1.54, 1.807) is 48.2 Å². The van der Waals surface area contributed by atoms with Gasteiger partial charge in [0.05, 0.1) is 22.7 Å². The summed E-state index contributed by atoms with van der Waals surface area (Å²) in [7, 11) is -2.78. The Morgan fingerprint density at radius 1 is 1.08 bits per heavy atom. The molecule has 13 heteroatoms. The van der Waals surface area contributed by atoms with E-state index in [-0.39, 0.29) is 26.5 Å². The first-order chi connectivity index (χ1) is 18.1. The van der Waals surface area contributed by atoms with E-state index in [4.69, 9.17) is 27.9 Å². The van der Waals surface area contributed by atoms with Gasteiger partial charge in [-0.3, -0.25) is 13.9 Å². The number of anilines is 1. The van der Waals surface area contributed by atoms with Crippen LogP contribution in [0.25, 0.3) is 16.7 Å². The van der Waals surface area contributed by atoms with Crippen LogP contribution in [0.5, 0.6) is 0 Å². The Kier molecular flexibility index (Phi) is 8.22. The van der Waals surface area contributed by atoms with E-state index in [1.807, 2.05) is 0 Å². The smallest absolute Gasteiger partial charge is 0.324 e. The van der Waals surface area contributed by atoms with Gasteiger partial charge in [0, 0.05) is 47.0 Å². The number of sulfonamides is 1. The van der Waals surface area contributed by atoms with Gasteiger partial charge in [0.2, 0.25) is 0 Å². The van der Waals surface area contributed by atoms with Crippen LogP contribution in [0, 0.1) is 0 Å². The van der Waals surface area contributed by atoms with Gasteiger partial charge in [-0.1, -0.05) is 23.2 Å². The van der Waals surface area contributed by atoms with Crippen LogP contribution >= 0.6 is 23.2 Å². The molecule has 4 aromatic rings. The Labute approximate surface area is 228 Å². The van der Waals surface area contributed by atoms with Crippen molar-refractivity contribution in [3.05, 3.63) is 82.6 Å². The van der Waals surface area contributed by atoms with Crippen LogP contribution in [0.1, 0.15) is 10.4 Å². The summed E-state index contributed by atoms with van der Waals surface area (Å²) in [6, 6.07) is 13.4. The summed E-state index contributed by atoms with van der Waals surface area (Å²) in [5.74, 6) is -1.15. The third-order valence-corrected chi connectivity index (χ3v) is 7.70. The van der Waals surface area contributed by atoms with Crippen LogP contribution in [0.15, 0.2) is 71.9 Å². The maximum Gasteiger partial charge on any atom is 0.324 e. The van der Waals surface area contributed by atoms with Gasteiger partial charge in [-0.2, -0.15) is 0 Å². The van der Waals surface area contributed by atoms with Crippen molar-refractivity contribution in [3.63, 3.8) is 0 Å². The summed E-state index contributed by atoms with van der Waals surface area (Å²) in [5, 5.41) is 13.0. The number of hydrogen-bond acceptors (Lipinski definition) is 6. The number of carbonyl (C=O) groups is 2. The molecule has 0 unspecified atom stereocenters. The summed E-state index contributed by atoms with van der Waals surface area (Å²) >= 11 is 12.0. The molecule has 0 saturated heterocycles. The van der Waals surface area contributed by atoms with Crippen LogP contribution in [0.3, 0.4) is 0 Å². The zero-order chi connectivity index (χ0) is 27.4. The fourth-order valence-electron chi connectivity index (χ4n) is 3.79. The molecule has 0 aliphatic carbocycles. The van der Waals surface area contributed by atoms with Gasteiger partial charge < -0.3 is 19.7 Å². The van der Waals surface area contributed by atoms with Crippen LogP contribution in [-0.4, -0.2) is 61.8 Å². The van der Waals surface area contributed by atoms with Gasteiger partial charge >= 0.3 is 5.97 Å². The molecular formula is C25H22Cl2N4O6S. The molecule has 4 rings (SSSR count). The second kappa shape index (κ2) is 11.4. The number of fused-ring (bicyclic) bond motifs is 1. The van der Waals surface area contributed by atoms with Gasteiger partial charge in [-0.25, -0.2) is 13.4 Å². The topological polar surface area (TPSA) is 131 Å². The quantitative estimate of drug-likeness (QED) is 0.273. The number of pyridine rings is 1. The molecule has 1 amide bonds. The van der Waals surface area contributed by atoms with Crippen molar-refractivity contribution in [3.8, 4) is 5.82 Å². The molecule has 0 radical (unpaired) electrons. The largest absolute Gasteiger partial charge is 0.480 e. The van der Waals surface area contributed by atoms with Crippen LogP contribution in [0.4, 0.5) is 5.69 Å². The zero-order valence-corrected chi connectivity index (χ0v) is 22.3. The van der Waals surface area contributed by atoms with E-state index in [0.717, 1.165) is 4.31 Å². The van der Waals surface area contributed by atoms with E-state index in [2.05, 4.69) is 10.3 Å². The maximum atomic E-state index is 13.4. The predicted octanol–water partition coefficient (Wildman–Crippen LogP) is 3.99. The number of hydrogen-bond donors (Lipinski definition) is 2. The highest BCUT2D eigenvalue weighted by atomic mass is 35.5. The van der Waals surface area contributed by atoms with Crippen molar-refractivity contribution in [2.24, 2.45) is 0 Å². The highest BCUT2D eigenvalue weighted by molar-refractivity contribution is 7.92. The van der Waals surface area contributed by atoms with Gasteiger partial charge in [0.1, 0.15) is 12.4 Å². The number of nitrogens with zero attached hydrogens (tertiary/aromatic N) is 3. The molecule has 38 heavy (non-hydrogen) atoms. The lowest BCUT2D eigenvalue weighted by Gasteiger charge is -2.23. The van der Waals surface area contributed by atoms with Crippen LogP contribution in [0.2, 0.25) is 10.0 Å². The molecule has 10 nitrogen and oxygen atoms in total. The molecule has 0 fully saturated rings. The van der Waals surface area contributed by atoms with E-state index in [1.165, 1.54) is 30.5 Å². The fraction of sp³-hybridized carbons (Fsp3) is 0.160. The lowest BCUT2D eigenvalue weighted by Crippen LogP contribution is -2.35. The Morgan fingerprint density at radius 2 is 1.82 bits per heavy atom. The Morgan fingerprint density at radius 3 is 2.50 bits per heavy atom. The summed E-state index contributed by atoms with van der Waals surface area (Å²) in [4.78, 5) is 28.2. The molecule has 0 atom stereocenters. The second-order valence-corrected chi connectivity index (χ2v) is 10.8. The highest BCUT2D eigenvalue weighted by Gasteiger charge is 2.28. The lowest BCUT2D eigenvalue weighted by atomic mass is 10.2. The minimum atomic E-state index is -4.32. The number of aromatic nitrogens is 2. The van der Waals surface area contributed by atoms with Crippen molar-refractivity contribution >= 4 is 61.7 Å². The first kappa shape index (κ1) is 27.4. The van der Waals surface area contributed by atoms with Gasteiger partial charge in [0.15, 0.2) is 0 Å². The van der Waals surface area contributed by atoms with E-state index in [0.29, 0.717) is 35.4 Å². The average Bonchev–Trinajstić information content (AvgIpc) is 3.30. The first-order valence-electron chi connectivity index (χ1n) is 11.2. The number of carbonyl (C=O) groups excluding carboxylic acids is 1. The number of ether oxygens (including phenoxy) is 1. The summed E-state index contributed by atoms with van der Waals surface area (Å²) in [5.41, 5.74) is 1.20. The number of aliphatic carboxylic acids is 1. The number of rotatable bonds is 10. The molecule has 2 aromatic heterocycles. The standard InChI is InChI=1S/C25H22Cl2N4O6S/c1-37-9-7-29-25(34)17-4-6-28-23(11-17)30-8-5-16-10-20(2-3-22(16)30)31(15-24(32)33)38(35,36)21-13-18(26)12-19(27)14-21/h2-6,8,10-14H,7,9,15H2,1H3,(H,29,34)(H,32,33). The van der Waals surface area contributed by atoms with Gasteiger partial charge in [0.25, 0.3) is 15.9 Å². The van der Waals surface area contributed by atoms with E-state index < -0.39 is 22.5 Å². The zero-order valence-electron chi connectivity index (χ0n) is 20.0. The number of nitrogens with one attached hydrogen (secondary N) is 1. The third kappa shape index (κ3) is 5.91. The molecule has 0 bridgehead atoms. The maximum absolute atomic E-state index is 13.4. The predicted molar refractivity (Wildman–Crippen MR) is 144 cm³/mol. The fourth-order valence-corrected chi connectivity index (χ4v) is 5.92. The van der Waals surface area contributed by atoms with Crippen molar-refractivity contribution in [1.29, 1.82) is 0 Å². The number of methoxy groups -OCH3 is 1. The Balaban J connectivity index is 1.71. The summed E-state index contributed by atoms with van der Waals surface area (Å²) in [6.07, 6.45) is 3.23. The highest BCUT2D eigenvalue weighted by Crippen LogP contribution is 2.31.